The van der Waals surface area contributed by atoms with Crippen LogP contribution in [0.1, 0.15) is 16.1 Å². The predicted molar refractivity (Wildman–Crippen MR) is 97.0 cm³/mol. The van der Waals surface area contributed by atoms with Crippen LogP contribution in [0.15, 0.2) is 47.5 Å². The molecular formula is C17H12F5N5O2S. The van der Waals surface area contributed by atoms with Gasteiger partial charge >= 0.3 is 6.18 Å². The summed E-state index contributed by atoms with van der Waals surface area (Å²) in [5.74, 6) is -3.88. The van der Waals surface area contributed by atoms with Crippen molar-refractivity contribution in [1.82, 2.24) is 20.0 Å². The van der Waals surface area contributed by atoms with Gasteiger partial charge in [-0.2, -0.15) is 27.1 Å². The van der Waals surface area contributed by atoms with Crippen molar-refractivity contribution in [3.8, 4) is 11.7 Å². The Kier molecular flexibility index (Phi) is 6.20. The first-order valence-electron chi connectivity index (χ1n) is 8.08. The number of anilines is 1. The van der Waals surface area contributed by atoms with Crippen LogP contribution < -0.4 is 10.1 Å². The van der Waals surface area contributed by atoms with Gasteiger partial charge < -0.3 is 10.1 Å². The molecule has 1 aromatic carbocycles. The van der Waals surface area contributed by atoms with Crippen molar-refractivity contribution in [2.75, 3.05) is 12.4 Å². The van der Waals surface area contributed by atoms with E-state index < -0.39 is 29.1 Å². The standard InChI is InChI=1S/C17H12F5N5O2S/c1-29-13-7-6-12(25-26-13)27-14(17(20,21)22)11(8-23-27)15(28)24-9-2-4-10(5-3-9)30-16(18)19/h2-8,16H,1H3,(H,24,28). The molecule has 0 aliphatic rings. The first-order chi connectivity index (χ1) is 14.2. The Bertz CT molecular complexity index is 1020. The first kappa shape index (κ1) is 21.5. The highest BCUT2D eigenvalue weighted by Crippen LogP contribution is 2.34. The minimum atomic E-state index is -4.93. The number of nitrogens with one attached hydrogen (secondary N) is 1. The third-order valence-electron chi connectivity index (χ3n) is 3.67. The van der Waals surface area contributed by atoms with Gasteiger partial charge in [-0.25, -0.2) is 4.68 Å². The molecule has 0 saturated heterocycles. The number of benzene rings is 1. The fraction of sp³-hybridized carbons (Fsp3) is 0.176. The van der Waals surface area contributed by atoms with Gasteiger partial charge in [-0.15, -0.1) is 10.2 Å². The number of aromatic nitrogens is 4. The summed E-state index contributed by atoms with van der Waals surface area (Å²) >= 11 is 0.302. The quantitative estimate of drug-likeness (QED) is 0.451. The molecule has 0 radical (unpaired) electrons. The molecule has 7 nitrogen and oxygen atoms in total. The number of nitrogens with zero attached hydrogens (tertiary/aromatic N) is 4. The normalized spacial score (nSPS) is 11.6. The molecule has 13 heteroatoms. The lowest BCUT2D eigenvalue weighted by atomic mass is 10.2. The van der Waals surface area contributed by atoms with Crippen LogP contribution in [-0.2, 0) is 6.18 Å². The lowest BCUT2D eigenvalue weighted by molar-refractivity contribution is -0.143. The summed E-state index contributed by atoms with van der Waals surface area (Å²) in [5, 5.41) is 13.1. The van der Waals surface area contributed by atoms with Crippen LogP contribution in [0.2, 0.25) is 0 Å². The largest absolute Gasteiger partial charge is 0.480 e. The summed E-state index contributed by atoms with van der Waals surface area (Å²) in [7, 11) is 1.32. The lowest BCUT2D eigenvalue weighted by Crippen LogP contribution is -2.21. The molecule has 0 spiro atoms. The molecule has 2 aromatic heterocycles. The van der Waals surface area contributed by atoms with Crippen LogP contribution in [0, 0.1) is 0 Å². The van der Waals surface area contributed by atoms with Crippen molar-refractivity contribution >= 4 is 23.4 Å². The fourth-order valence-electron chi connectivity index (χ4n) is 2.41. The van der Waals surface area contributed by atoms with Gasteiger partial charge in [0.1, 0.15) is 0 Å². The Morgan fingerprint density at radius 1 is 1.13 bits per heavy atom. The molecule has 0 bridgehead atoms. The SMILES string of the molecule is COc1ccc(-n2ncc(C(=O)Nc3ccc(SC(F)F)cc3)c2C(F)(F)F)nn1. The summed E-state index contributed by atoms with van der Waals surface area (Å²) in [6.07, 6.45) is -4.17. The molecule has 30 heavy (non-hydrogen) atoms. The highest BCUT2D eigenvalue weighted by atomic mass is 32.2. The molecule has 2 heterocycles. The summed E-state index contributed by atoms with van der Waals surface area (Å²) in [6.45, 7) is 0. The number of hydrogen-bond donors (Lipinski definition) is 1. The Hall–Kier alpha value is -3.22. The first-order valence-corrected chi connectivity index (χ1v) is 8.96. The molecule has 1 amide bonds. The van der Waals surface area contributed by atoms with Gasteiger partial charge in [-0.1, -0.05) is 11.8 Å². The van der Waals surface area contributed by atoms with E-state index in [1.54, 1.807) is 0 Å². The van der Waals surface area contributed by atoms with E-state index in [1.807, 2.05) is 0 Å². The molecule has 0 saturated carbocycles. The summed E-state index contributed by atoms with van der Waals surface area (Å²) in [6, 6.07) is 7.73. The number of halogens is 5. The summed E-state index contributed by atoms with van der Waals surface area (Å²) in [5.41, 5.74) is -1.96. The molecule has 158 valence electrons. The van der Waals surface area contributed by atoms with Crippen molar-refractivity contribution in [2.24, 2.45) is 0 Å². The number of hydrogen-bond acceptors (Lipinski definition) is 6. The van der Waals surface area contributed by atoms with Crippen molar-refractivity contribution in [3.63, 3.8) is 0 Å². The van der Waals surface area contributed by atoms with Gasteiger partial charge in [0.05, 0.1) is 18.9 Å². The number of ether oxygens (including phenoxy) is 1. The lowest BCUT2D eigenvalue weighted by Gasteiger charge is -2.12. The van der Waals surface area contributed by atoms with E-state index in [1.165, 1.54) is 43.5 Å². The molecular weight excluding hydrogens is 433 g/mol. The molecule has 0 fully saturated rings. The van der Waals surface area contributed by atoms with Crippen LogP contribution in [0.4, 0.5) is 27.6 Å². The molecule has 3 aromatic rings. The molecule has 0 atom stereocenters. The van der Waals surface area contributed by atoms with Gasteiger partial charge in [0.15, 0.2) is 11.5 Å². The van der Waals surface area contributed by atoms with Crippen molar-refractivity contribution < 1.29 is 31.5 Å². The Balaban J connectivity index is 1.89. The molecule has 1 N–H and O–H groups in total. The van der Waals surface area contributed by atoms with E-state index in [2.05, 4.69) is 20.6 Å². The Labute approximate surface area is 170 Å². The predicted octanol–water partition coefficient (Wildman–Crippen LogP) is 4.26. The van der Waals surface area contributed by atoms with E-state index in [0.29, 0.717) is 16.4 Å². The maximum atomic E-state index is 13.7. The van der Waals surface area contributed by atoms with Crippen LogP contribution in [-0.4, -0.2) is 38.8 Å². The highest BCUT2D eigenvalue weighted by molar-refractivity contribution is 7.99. The number of thioether (sulfide) groups is 1. The van der Waals surface area contributed by atoms with E-state index in [-0.39, 0.29) is 22.3 Å². The van der Waals surface area contributed by atoms with Gasteiger partial charge in [-0.3, -0.25) is 4.79 Å². The molecule has 0 aliphatic carbocycles. The van der Waals surface area contributed by atoms with Crippen LogP contribution in [0.3, 0.4) is 0 Å². The smallest absolute Gasteiger partial charge is 0.434 e. The Morgan fingerprint density at radius 3 is 2.37 bits per heavy atom. The topological polar surface area (TPSA) is 81.9 Å². The third-order valence-corrected chi connectivity index (χ3v) is 4.39. The number of carbonyl (C=O) groups is 1. The molecule has 0 aliphatic heterocycles. The van der Waals surface area contributed by atoms with Gasteiger partial charge in [-0.05, 0) is 30.3 Å². The third kappa shape index (κ3) is 4.84. The van der Waals surface area contributed by atoms with E-state index in [4.69, 9.17) is 4.74 Å². The monoisotopic (exact) mass is 445 g/mol. The fourth-order valence-corrected chi connectivity index (χ4v) is 2.91. The van der Waals surface area contributed by atoms with E-state index in [0.717, 1.165) is 6.20 Å². The van der Waals surface area contributed by atoms with Crippen molar-refractivity contribution in [2.45, 2.75) is 16.8 Å². The maximum absolute atomic E-state index is 13.7. The number of amides is 1. The Morgan fingerprint density at radius 2 is 1.83 bits per heavy atom. The second-order valence-corrected chi connectivity index (χ2v) is 6.67. The van der Waals surface area contributed by atoms with Gasteiger partial charge in [0, 0.05) is 16.6 Å². The summed E-state index contributed by atoms with van der Waals surface area (Å²) in [4.78, 5) is 12.7. The average Bonchev–Trinajstić information content (AvgIpc) is 3.15. The van der Waals surface area contributed by atoms with Crippen LogP contribution in [0.25, 0.3) is 5.82 Å². The minimum Gasteiger partial charge on any atom is -0.480 e. The second-order valence-electron chi connectivity index (χ2n) is 5.61. The maximum Gasteiger partial charge on any atom is 0.434 e. The van der Waals surface area contributed by atoms with E-state index >= 15 is 0 Å². The zero-order valence-electron chi connectivity index (χ0n) is 15.0. The minimum absolute atomic E-state index is 0.0888. The van der Waals surface area contributed by atoms with Gasteiger partial charge in [0.25, 0.3) is 11.7 Å². The number of carbonyl (C=O) groups excluding carboxylic acids is 1. The summed E-state index contributed by atoms with van der Waals surface area (Å²) < 4.78 is 70.9. The zero-order valence-corrected chi connectivity index (χ0v) is 15.8. The molecule has 3 rings (SSSR count). The van der Waals surface area contributed by atoms with Gasteiger partial charge in [0.2, 0.25) is 5.88 Å². The van der Waals surface area contributed by atoms with E-state index in [9.17, 15) is 26.7 Å². The van der Waals surface area contributed by atoms with Crippen LogP contribution in [0.5, 0.6) is 5.88 Å². The van der Waals surface area contributed by atoms with Crippen molar-refractivity contribution in [3.05, 3.63) is 53.9 Å². The number of methoxy groups -OCH3 is 1. The number of alkyl halides is 5. The van der Waals surface area contributed by atoms with Crippen LogP contribution >= 0.6 is 11.8 Å². The van der Waals surface area contributed by atoms with Crippen molar-refractivity contribution in [1.29, 1.82) is 0 Å². The average molecular weight is 445 g/mol. The molecule has 0 unspecified atom stereocenters. The highest BCUT2D eigenvalue weighted by Gasteiger charge is 2.41. The number of rotatable bonds is 6. The second kappa shape index (κ2) is 8.65. The zero-order chi connectivity index (χ0) is 21.9.